The lowest BCUT2D eigenvalue weighted by atomic mass is 9.90. The van der Waals surface area contributed by atoms with Crippen molar-refractivity contribution in [1.29, 1.82) is 0 Å². The highest BCUT2D eigenvalue weighted by atomic mass is 35.5. The van der Waals surface area contributed by atoms with Crippen LogP contribution in [-0.2, 0) is 14.4 Å². The Morgan fingerprint density at radius 2 is 1.57 bits per heavy atom. The minimum atomic E-state index is -0.886. The van der Waals surface area contributed by atoms with Crippen LogP contribution in [0.25, 0.3) is 0 Å². The Hall–Kier alpha value is -3.15. The lowest BCUT2D eigenvalue weighted by Gasteiger charge is -2.28. The van der Waals surface area contributed by atoms with E-state index in [4.69, 9.17) is 16.4 Å². The summed E-state index contributed by atoms with van der Waals surface area (Å²) in [4.78, 5) is 34.1. The fourth-order valence-electron chi connectivity index (χ4n) is 4.19. The minimum absolute atomic E-state index is 0.266. The van der Waals surface area contributed by atoms with E-state index in [1.165, 1.54) is 4.90 Å². The summed E-state index contributed by atoms with van der Waals surface area (Å²) in [6.07, 6.45) is -0.886. The molecule has 3 aromatic rings. The van der Waals surface area contributed by atoms with Crippen LogP contribution in [0.1, 0.15) is 17.2 Å². The highest BCUT2D eigenvalue weighted by molar-refractivity contribution is 6.30. The molecule has 6 heteroatoms. The van der Waals surface area contributed by atoms with Gasteiger partial charge in [0.2, 0.25) is 5.91 Å². The molecule has 0 aromatic heterocycles. The van der Waals surface area contributed by atoms with Crippen LogP contribution in [0.4, 0.5) is 11.4 Å². The van der Waals surface area contributed by atoms with E-state index in [1.54, 1.807) is 23.3 Å². The molecule has 0 N–H and O–H groups in total. The number of aryl methyl sites for hydroxylation is 1. The molecule has 0 radical (unpaired) electrons. The van der Waals surface area contributed by atoms with E-state index in [0.29, 0.717) is 10.7 Å². The van der Waals surface area contributed by atoms with Crippen molar-refractivity contribution in [3.63, 3.8) is 0 Å². The third kappa shape index (κ3) is 2.98. The van der Waals surface area contributed by atoms with Gasteiger partial charge in [-0.3, -0.25) is 14.4 Å². The Bertz CT molecular complexity index is 1120. The van der Waals surface area contributed by atoms with Crippen LogP contribution in [0.3, 0.4) is 0 Å². The fraction of sp³-hybridized carbons (Fsp3) is 0.167. The molecule has 2 amide bonds. The van der Waals surface area contributed by atoms with Gasteiger partial charge in [-0.2, -0.15) is 0 Å². The highest BCUT2D eigenvalue weighted by Gasteiger charge is 2.60. The van der Waals surface area contributed by atoms with Crippen molar-refractivity contribution in [3.05, 3.63) is 95.0 Å². The summed E-state index contributed by atoms with van der Waals surface area (Å²) < 4.78 is 0. The molecule has 0 bridgehead atoms. The first-order chi connectivity index (χ1) is 14.5. The Balaban J connectivity index is 1.59. The molecule has 0 unspecified atom stereocenters. The van der Waals surface area contributed by atoms with Gasteiger partial charge in [-0.05, 0) is 48.9 Å². The van der Waals surface area contributed by atoms with Crippen LogP contribution in [-0.4, -0.2) is 17.9 Å². The number of benzene rings is 3. The lowest BCUT2D eigenvalue weighted by Crippen LogP contribution is -2.37. The molecule has 5 nitrogen and oxygen atoms in total. The number of amides is 2. The van der Waals surface area contributed by atoms with Gasteiger partial charge in [0.15, 0.2) is 6.10 Å². The zero-order chi connectivity index (χ0) is 20.8. The number of rotatable bonds is 3. The summed E-state index contributed by atoms with van der Waals surface area (Å²) in [5, 5.41) is 2.24. The summed E-state index contributed by atoms with van der Waals surface area (Å²) >= 11 is 6.24. The molecule has 150 valence electrons. The van der Waals surface area contributed by atoms with Gasteiger partial charge in [0.1, 0.15) is 5.92 Å². The van der Waals surface area contributed by atoms with Crippen molar-refractivity contribution in [2.45, 2.75) is 19.1 Å². The number of carbonyl (C=O) groups is 2. The second kappa shape index (κ2) is 7.27. The summed E-state index contributed by atoms with van der Waals surface area (Å²) in [5.74, 6) is -1.28. The van der Waals surface area contributed by atoms with E-state index in [1.807, 2.05) is 67.6 Å². The molecule has 3 aromatic carbocycles. The Kier molecular flexibility index (Phi) is 4.57. The molecule has 2 aliphatic rings. The Labute approximate surface area is 179 Å². The van der Waals surface area contributed by atoms with Crippen LogP contribution in [0.5, 0.6) is 0 Å². The molecule has 0 aliphatic carbocycles. The zero-order valence-corrected chi connectivity index (χ0v) is 17.0. The summed E-state index contributed by atoms with van der Waals surface area (Å²) in [6, 6.07) is 23.7. The lowest BCUT2D eigenvalue weighted by molar-refractivity contribution is -0.126. The number of nitrogens with zero attached hydrogens (tertiary/aromatic N) is 2. The zero-order valence-electron chi connectivity index (χ0n) is 16.2. The predicted molar refractivity (Wildman–Crippen MR) is 115 cm³/mol. The maximum absolute atomic E-state index is 13.5. The van der Waals surface area contributed by atoms with Crippen LogP contribution >= 0.6 is 11.6 Å². The monoisotopic (exact) mass is 418 g/mol. The van der Waals surface area contributed by atoms with Crippen molar-refractivity contribution >= 4 is 34.8 Å². The molecule has 2 saturated heterocycles. The van der Waals surface area contributed by atoms with E-state index in [0.717, 1.165) is 16.8 Å². The van der Waals surface area contributed by atoms with Crippen LogP contribution < -0.4 is 9.96 Å². The largest absolute Gasteiger partial charge is 0.273 e. The number of para-hydroxylation sites is 1. The Morgan fingerprint density at radius 3 is 2.27 bits per heavy atom. The topological polar surface area (TPSA) is 49.9 Å². The molecule has 30 heavy (non-hydrogen) atoms. The third-order valence-electron chi connectivity index (χ3n) is 5.61. The Morgan fingerprint density at radius 1 is 0.833 bits per heavy atom. The molecule has 3 atom stereocenters. The number of hydroxylamine groups is 1. The molecular formula is C24H19ClN2O3. The van der Waals surface area contributed by atoms with E-state index in [9.17, 15) is 9.59 Å². The summed E-state index contributed by atoms with van der Waals surface area (Å²) in [5.41, 5.74) is 3.22. The smallest absolute Gasteiger partial charge is 0.266 e. The van der Waals surface area contributed by atoms with Gasteiger partial charge in [0.25, 0.3) is 5.91 Å². The average molecular weight is 419 g/mol. The minimum Gasteiger partial charge on any atom is -0.273 e. The number of hydrogen-bond donors (Lipinski definition) is 0. The van der Waals surface area contributed by atoms with Gasteiger partial charge in [-0.1, -0.05) is 59.6 Å². The van der Waals surface area contributed by atoms with E-state index in [2.05, 4.69) is 0 Å². The van der Waals surface area contributed by atoms with E-state index < -0.39 is 18.1 Å². The van der Waals surface area contributed by atoms with E-state index >= 15 is 0 Å². The average Bonchev–Trinajstić information content (AvgIpc) is 3.26. The number of hydrogen-bond acceptors (Lipinski definition) is 4. The predicted octanol–water partition coefficient (Wildman–Crippen LogP) is 4.70. The maximum Gasteiger partial charge on any atom is 0.266 e. The maximum atomic E-state index is 13.5. The molecule has 5 rings (SSSR count). The number of imide groups is 1. The molecule has 2 heterocycles. The first-order valence-electron chi connectivity index (χ1n) is 9.75. The first-order valence-corrected chi connectivity index (χ1v) is 10.1. The van der Waals surface area contributed by atoms with Gasteiger partial charge in [0.05, 0.1) is 17.4 Å². The molecule has 2 fully saturated rings. The summed E-state index contributed by atoms with van der Waals surface area (Å²) in [6.45, 7) is 1.96. The van der Waals surface area contributed by atoms with E-state index in [-0.39, 0.29) is 11.8 Å². The molecule has 0 spiro atoms. The van der Waals surface area contributed by atoms with Crippen molar-refractivity contribution in [2.75, 3.05) is 9.96 Å². The van der Waals surface area contributed by atoms with Gasteiger partial charge in [-0.25, -0.2) is 9.96 Å². The second-order valence-corrected chi connectivity index (χ2v) is 8.00. The second-order valence-electron chi connectivity index (χ2n) is 7.56. The summed E-state index contributed by atoms with van der Waals surface area (Å²) in [7, 11) is 0. The number of carbonyl (C=O) groups excluding carboxylic acids is 2. The first kappa shape index (κ1) is 18.9. The van der Waals surface area contributed by atoms with Gasteiger partial charge in [0, 0.05) is 5.02 Å². The van der Waals surface area contributed by atoms with Gasteiger partial charge >= 0.3 is 0 Å². The molecular weight excluding hydrogens is 400 g/mol. The van der Waals surface area contributed by atoms with Gasteiger partial charge < -0.3 is 0 Å². The van der Waals surface area contributed by atoms with Crippen LogP contribution in [0, 0.1) is 12.8 Å². The van der Waals surface area contributed by atoms with Crippen molar-refractivity contribution in [3.8, 4) is 0 Å². The number of halogens is 1. The highest BCUT2D eigenvalue weighted by Crippen LogP contribution is 2.47. The van der Waals surface area contributed by atoms with Crippen LogP contribution in [0.2, 0.25) is 5.02 Å². The molecule has 2 aliphatic heterocycles. The molecule has 0 saturated carbocycles. The van der Waals surface area contributed by atoms with Crippen molar-refractivity contribution in [1.82, 2.24) is 0 Å². The quantitative estimate of drug-likeness (QED) is 0.578. The SMILES string of the molecule is Cc1ccc(N2C(=O)[C@H]3[C@@H](c4cccc(Cl)c4)N(c4ccccc4)O[C@H]3C2=O)cc1. The van der Waals surface area contributed by atoms with Crippen molar-refractivity contribution in [2.24, 2.45) is 5.92 Å². The number of fused-ring (bicyclic) bond motifs is 1. The third-order valence-corrected chi connectivity index (χ3v) is 5.84. The normalized spacial score (nSPS) is 23.2. The standard InChI is InChI=1S/C24H19ClN2O3/c1-15-10-12-18(13-11-15)26-23(28)20-21(16-6-5-7-17(25)14-16)27(30-22(20)24(26)29)19-8-3-2-4-9-19/h2-14,20-22H,1H3/t20-,21+,22+/m0/s1. The van der Waals surface area contributed by atoms with Crippen molar-refractivity contribution < 1.29 is 14.4 Å². The van der Waals surface area contributed by atoms with Gasteiger partial charge in [-0.15, -0.1) is 0 Å². The number of anilines is 2. The van der Waals surface area contributed by atoms with Crippen LogP contribution in [0.15, 0.2) is 78.9 Å². The fourth-order valence-corrected chi connectivity index (χ4v) is 4.39.